The number of carbonyl (C=O) groups excluding carboxylic acids is 2. The Kier molecular flexibility index (Phi) is 6.15. The van der Waals surface area contributed by atoms with E-state index in [1.165, 1.54) is 29.2 Å². The highest BCUT2D eigenvalue weighted by atomic mass is 19.1. The highest BCUT2D eigenvalue weighted by molar-refractivity contribution is 6.46. The second kappa shape index (κ2) is 8.99. The van der Waals surface area contributed by atoms with Crippen molar-refractivity contribution in [2.75, 3.05) is 39.4 Å². The van der Waals surface area contributed by atoms with Gasteiger partial charge in [0.15, 0.2) is 0 Å². The number of quaternary nitrogens is 1. The molecule has 2 heterocycles. The number of ether oxygens (including phenoxy) is 1. The van der Waals surface area contributed by atoms with Crippen LogP contribution in [-0.2, 0) is 14.3 Å². The van der Waals surface area contributed by atoms with Crippen LogP contribution in [-0.4, -0.2) is 61.1 Å². The van der Waals surface area contributed by atoms with Crippen LogP contribution in [0.2, 0.25) is 0 Å². The largest absolute Gasteiger partial charge is 0.507 e. The number of hydrogen-bond donors (Lipinski definition) is 2. The first-order valence-electron chi connectivity index (χ1n) is 10.5. The number of benzene rings is 2. The van der Waals surface area contributed by atoms with Gasteiger partial charge in [-0.3, -0.25) is 9.59 Å². The fourth-order valence-corrected chi connectivity index (χ4v) is 4.16. The predicted molar refractivity (Wildman–Crippen MR) is 113 cm³/mol. The molecule has 1 amide bonds. The minimum absolute atomic E-state index is 0.0393. The second-order valence-corrected chi connectivity index (χ2v) is 8.02. The van der Waals surface area contributed by atoms with Gasteiger partial charge in [-0.25, -0.2) is 4.39 Å². The van der Waals surface area contributed by atoms with Gasteiger partial charge in [-0.15, -0.1) is 0 Å². The molecule has 2 aliphatic heterocycles. The second-order valence-electron chi connectivity index (χ2n) is 8.02. The topological polar surface area (TPSA) is 71.3 Å². The lowest BCUT2D eigenvalue weighted by atomic mass is 9.94. The normalized spacial score (nSPS) is 21.6. The van der Waals surface area contributed by atoms with Gasteiger partial charge in [-0.1, -0.05) is 29.8 Å². The van der Waals surface area contributed by atoms with Crippen LogP contribution in [0.15, 0.2) is 54.1 Å². The first kappa shape index (κ1) is 21.2. The molecule has 1 atom stereocenters. The van der Waals surface area contributed by atoms with Crippen molar-refractivity contribution in [1.29, 1.82) is 0 Å². The van der Waals surface area contributed by atoms with E-state index in [0.29, 0.717) is 31.9 Å². The summed E-state index contributed by atoms with van der Waals surface area (Å²) >= 11 is 0. The van der Waals surface area contributed by atoms with E-state index in [1.54, 1.807) is 4.90 Å². The molecule has 2 saturated heterocycles. The number of carbonyl (C=O) groups is 2. The van der Waals surface area contributed by atoms with Crippen LogP contribution in [0.3, 0.4) is 0 Å². The monoisotopic (exact) mass is 425 g/mol. The lowest BCUT2D eigenvalue weighted by Crippen LogP contribution is -3.14. The molecule has 0 radical (unpaired) electrons. The highest BCUT2D eigenvalue weighted by Gasteiger charge is 2.46. The number of rotatable bonds is 5. The van der Waals surface area contributed by atoms with E-state index in [0.717, 1.165) is 24.2 Å². The number of amides is 1. The van der Waals surface area contributed by atoms with Gasteiger partial charge >= 0.3 is 0 Å². The van der Waals surface area contributed by atoms with Crippen LogP contribution >= 0.6 is 0 Å². The van der Waals surface area contributed by atoms with E-state index >= 15 is 0 Å². The molecule has 2 N–H and O–H groups in total. The number of ketones is 1. The van der Waals surface area contributed by atoms with Crippen LogP contribution in [0, 0.1) is 12.7 Å². The summed E-state index contributed by atoms with van der Waals surface area (Å²) in [6.45, 7) is 6.11. The van der Waals surface area contributed by atoms with Crippen LogP contribution in [0.25, 0.3) is 5.76 Å². The van der Waals surface area contributed by atoms with Crippen molar-refractivity contribution in [3.05, 3.63) is 76.6 Å². The number of aryl methyl sites for hydroxylation is 1. The molecule has 0 aliphatic carbocycles. The van der Waals surface area contributed by atoms with Gasteiger partial charge in [-0.2, -0.15) is 0 Å². The summed E-state index contributed by atoms with van der Waals surface area (Å²) in [5.74, 6) is -2.07. The third-order valence-electron chi connectivity index (χ3n) is 5.96. The number of hydrogen-bond acceptors (Lipinski definition) is 4. The molecule has 2 fully saturated rings. The van der Waals surface area contributed by atoms with Crippen molar-refractivity contribution < 1.29 is 28.7 Å². The van der Waals surface area contributed by atoms with Crippen molar-refractivity contribution in [3.8, 4) is 0 Å². The van der Waals surface area contributed by atoms with Crippen LogP contribution in [0.4, 0.5) is 4.39 Å². The first-order valence-corrected chi connectivity index (χ1v) is 10.5. The van der Waals surface area contributed by atoms with E-state index < -0.39 is 23.5 Å². The lowest BCUT2D eigenvalue weighted by Gasteiger charge is -2.29. The Morgan fingerprint density at radius 3 is 2.39 bits per heavy atom. The van der Waals surface area contributed by atoms with Crippen molar-refractivity contribution in [3.63, 3.8) is 0 Å². The number of Topliss-reactive ketones (excluding diaryl/α,β-unsaturated/α-hetero) is 1. The molecule has 162 valence electrons. The minimum Gasteiger partial charge on any atom is -0.507 e. The SMILES string of the molecule is Cc1ccc([C@H]2C(=C(O)c3ccc(F)cc3)C(=O)C(=O)N2CC[NH+]2CCOCC2)cc1. The van der Waals surface area contributed by atoms with Gasteiger partial charge in [-0.05, 0) is 36.8 Å². The summed E-state index contributed by atoms with van der Waals surface area (Å²) in [7, 11) is 0. The van der Waals surface area contributed by atoms with Gasteiger partial charge < -0.3 is 19.6 Å². The molecule has 4 rings (SSSR count). The molecule has 2 aromatic carbocycles. The van der Waals surface area contributed by atoms with Crippen molar-refractivity contribution in [2.24, 2.45) is 0 Å². The average Bonchev–Trinajstić information content (AvgIpc) is 3.04. The van der Waals surface area contributed by atoms with Gasteiger partial charge in [0, 0.05) is 5.56 Å². The third kappa shape index (κ3) is 4.38. The zero-order valence-corrected chi connectivity index (χ0v) is 17.4. The molecule has 31 heavy (non-hydrogen) atoms. The van der Waals surface area contributed by atoms with Crippen molar-refractivity contribution in [1.82, 2.24) is 4.90 Å². The Labute approximate surface area is 180 Å². The number of nitrogens with one attached hydrogen (secondary N) is 1. The minimum atomic E-state index is -0.718. The molecule has 7 heteroatoms. The lowest BCUT2D eigenvalue weighted by molar-refractivity contribution is -0.907. The maximum atomic E-state index is 13.3. The number of aliphatic hydroxyl groups excluding tert-OH is 1. The fraction of sp³-hybridized carbons (Fsp3) is 0.333. The molecular weight excluding hydrogens is 399 g/mol. The number of aliphatic hydroxyl groups is 1. The van der Waals surface area contributed by atoms with E-state index in [1.807, 2.05) is 31.2 Å². The molecule has 0 unspecified atom stereocenters. The number of halogens is 1. The summed E-state index contributed by atoms with van der Waals surface area (Å²) in [5.41, 5.74) is 2.15. The molecule has 0 saturated carbocycles. The summed E-state index contributed by atoms with van der Waals surface area (Å²) in [6, 6.07) is 12.1. The standard InChI is InChI=1S/C24H25FN2O4/c1-16-2-4-17(5-3-16)21-20(22(28)18-6-8-19(25)9-7-18)23(29)24(30)27(21)11-10-26-12-14-31-15-13-26/h2-9,21,28H,10-15H2,1H3/p+1/t21-/m0/s1. The Bertz CT molecular complexity index is 995. The molecule has 2 aromatic rings. The first-order chi connectivity index (χ1) is 15.0. The molecule has 0 bridgehead atoms. The number of nitrogens with zero attached hydrogens (tertiary/aromatic N) is 1. The fourth-order valence-electron chi connectivity index (χ4n) is 4.16. The van der Waals surface area contributed by atoms with Crippen molar-refractivity contribution >= 4 is 17.4 Å². The zero-order chi connectivity index (χ0) is 22.0. The van der Waals surface area contributed by atoms with E-state index in [9.17, 15) is 19.1 Å². The van der Waals surface area contributed by atoms with E-state index in [4.69, 9.17) is 4.74 Å². The summed E-state index contributed by atoms with van der Waals surface area (Å²) in [4.78, 5) is 28.8. The van der Waals surface area contributed by atoms with Gasteiger partial charge in [0.25, 0.3) is 11.7 Å². The predicted octanol–water partition coefficient (Wildman–Crippen LogP) is 1.47. The molecule has 2 aliphatic rings. The Morgan fingerprint density at radius 1 is 1.10 bits per heavy atom. The molecular formula is C24H26FN2O4+. The van der Waals surface area contributed by atoms with Crippen molar-refractivity contribution in [2.45, 2.75) is 13.0 Å². The zero-order valence-electron chi connectivity index (χ0n) is 17.4. The maximum Gasteiger partial charge on any atom is 0.295 e. The Hall–Kier alpha value is -3.03. The molecule has 6 nitrogen and oxygen atoms in total. The summed E-state index contributed by atoms with van der Waals surface area (Å²) in [6.07, 6.45) is 0. The van der Waals surface area contributed by atoms with E-state index in [-0.39, 0.29) is 11.3 Å². The summed E-state index contributed by atoms with van der Waals surface area (Å²) < 4.78 is 18.7. The van der Waals surface area contributed by atoms with Gasteiger partial charge in [0.1, 0.15) is 24.7 Å². The number of likely N-dealkylation sites (tertiary alicyclic amines) is 1. The number of morpholine rings is 1. The molecule has 0 aromatic heterocycles. The Morgan fingerprint density at radius 2 is 1.74 bits per heavy atom. The third-order valence-corrected chi connectivity index (χ3v) is 5.96. The Balaban J connectivity index is 1.72. The quantitative estimate of drug-likeness (QED) is 0.433. The van der Waals surface area contributed by atoms with E-state index in [2.05, 4.69) is 0 Å². The maximum absolute atomic E-state index is 13.3. The van der Waals surface area contributed by atoms with Crippen LogP contribution < -0.4 is 4.90 Å². The highest BCUT2D eigenvalue weighted by Crippen LogP contribution is 2.39. The van der Waals surface area contributed by atoms with Crippen LogP contribution in [0.1, 0.15) is 22.7 Å². The molecule has 0 spiro atoms. The summed E-state index contributed by atoms with van der Waals surface area (Å²) in [5, 5.41) is 11.0. The smallest absolute Gasteiger partial charge is 0.295 e. The van der Waals surface area contributed by atoms with Gasteiger partial charge in [0.05, 0.1) is 37.9 Å². The average molecular weight is 425 g/mol. The van der Waals surface area contributed by atoms with Gasteiger partial charge in [0.2, 0.25) is 0 Å². The van der Waals surface area contributed by atoms with Crippen LogP contribution in [0.5, 0.6) is 0 Å².